The SMILES string of the molecule is COC(=O)NC(C(=O)NC(Cc1ccc(-c2ccccn2)cc1)CC(O)C(Cc1ccccc1)NC(=O)C(CNC(N)=O)NC(=O)O)C(C)(C)C. The third-order valence-corrected chi connectivity index (χ3v) is 8.03. The summed E-state index contributed by atoms with van der Waals surface area (Å²) in [6, 6.07) is 17.1. The maximum Gasteiger partial charge on any atom is 0.407 e. The Morgan fingerprint density at radius 3 is 2.04 bits per heavy atom. The van der Waals surface area contributed by atoms with Gasteiger partial charge in [0.15, 0.2) is 0 Å². The quantitative estimate of drug-likeness (QED) is 0.109. The molecule has 5 unspecified atom stereocenters. The third kappa shape index (κ3) is 13.3. The minimum atomic E-state index is -1.51. The minimum Gasteiger partial charge on any atom is -0.465 e. The molecule has 0 aliphatic carbocycles. The molecule has 1 aromatic heterocycles. The first-order valence-electron chi connectivity index (χ1n) is 16.4. The topological polar surface area (TPSA) is 234 Å². The number of primary amides is 1. The van der Waals surface area contributed by atoms with Gasteiger partial charge < -0.3 is 47.3 Å². The highest BCUT2D eigenvalue weighted by molar-refractivity contribution is 5.87. The summed E-state index contributed by atoms with van der Waals surface area (Å²) in [5.41, 5.74) is 7.68. The molecule has 3 aromatic rings. The van der Waals surface area contributed by atoms with Crippen LogP contribution in [-0.4, -0.2) is 89.2 Å². The molecule has 6 amide bonds. The van der Waals surface area contributed by atoms with Gasteiger partial charge in [0.25, 0.3) is 0 Å². The number of nitrogens with two attached hydrogens (primary N) is 1. The van der Waals surface area contributed by atoms with Crippen molar-refractivity contribution < 1.29 is 38.9 Å². The van der Waals surface area contributed by atoms with E-state index in [1.807, 2.05) is 60.7 Å². The van der Waals surface area contributed by atoms with Gasteiger partial charge in [-0.05, 0) is 47.9 Å². The number of aliphatic hydroxyl groups excluding tert-OH is 1. The standard InChI is InChI=1S/C36H47N7O8/c1-36(2,3)30(43-35(50)51-4)32(46)40-25(18-23-13-15-24(16-14-23)26-12-8-9-17-38-26)20-29(44)27(19-22-10-6-5-7-11-22)41-31(45)28(42-34(48)49)21-39-33(37)47/h5-17,25,27-30,42,44H,18-21H2,1-4H3,(H,40,46)(H,41,45)(H,43,50)(H,48,49)(H3,37,39,47). The van der Waals surface area contributed by atoms with Gasteiger partial charge in [-0.1, -0.05) is 81.4 Å². The average molecular weight is 706 g/mol. The summed E-state index contributed by atoms with van der Waals surface area (Å²) in [7, 11) is 1.20. The lowest BCUT2D eigenvalue weighted by atomic mass is 9.85. The molecule has 0 saturated heterocycles. The lowest BCUT2D eigenvalue weighted by Gasteiger charge is -2.33. The fourth-order valence-corrected chi connectivity index (χ4v) is 5.41. The summed E-state index contributed by atoms with van der Waals surface area (Å²) in [6.45, 7) is 4.92. The number of amides is 6. The highest BCUT2D eigenvalue weighted by Crippen LogP contribution is 2.22. The van der Waals surface area contributed by atoms with E-state index in [2.05, 4.69) is 31.6 Å². The molecule has 5 atom stereocenters. The fourth-order valence-electron chi connectivity index (χ4n) is 5.41. The second-order valence-electron chi connectivity index (χ2n) is 13.1. The molecule has 0 saturated carbocycles. The zero-order valence-electron chi connectivity index (χ0n) is 29.1. The molecular formula is C36H47N7O8. The number of hydrogen-bond donors (Lipinski definition) is 8. The number of pyridine rings is 1. The Hall–Kier alpha value is -5.70. The highest BCUT2D eigenvalue weighted by Gasteiger charge is 2.35. The van der Waals surface area contributed by atoms with Gasteiger partial charge in [-0.2, -0.15) is 0 Å². The Balaban J connectivity index is 1.93. The van der Waals surface area contributed by atoms with Crippen LogP contribution in [0.15, 0.2) is 79.0 Å². The van der Waals surface area contributed by atoms with E-state index in [0.29, 0.717) is 0 Å². The molecule has 1 heterocycles. The lowest BCUT2D eigenvalue weighted by Crippen LogP contribution is -2.58. The predicted octanol–water partition coefficient (Wildman–Crippen LogP) is 2.33. The van der Waals surface area contributed by atoms with E-state index in [4.69, 9.17) is 10.5 Å². The van der Waals surface area contributed by atoms with E-state index in [1.165, 1.54) is 7.11 Å². The molecule has 0 aliphatic heterocycles. The third-order valence-electron chi connectivity index (χ3n) is 8.03. The first-order valence-corrected chi connectivity index (χ1v) is 16.4. The van der Waals surface area contributed by atoms with Gasteiger partial charge in [0.05, 0.1) is 24.9 Å². The summed E-state index contributed by atoms with van der Waals surface area (Å²) >= 11 is 0. The number of nitrogens with one attached hydrogen (secondary N) is 5. The largest absolute Gasteiger partial charge is 0.465 e. The van der Waals surface area contributed by atoms with Crippen molar-refractivity contribution in [1.82, 2.24) is 31.6 Å². The number of ether oxygens (including phenoxy) is 1. The van der Waals surface area contributed by atoms with Crippen LogP contribution in [0, 0.1) is 5.41 Å². The number of methoxy groups -OCH3 is 1. The first-order chi connectivity index (χ1) is 24.2. The van der Waals surface area contributed by atoms with Crippen LogP contribution in [0.25, 0.3) is 11.3 Å². The number of benzene rings is 2. The molecule has 274 valence electrons. The van der Waals surface area contributed by atoms with Gasteiger partial charge in [0.2, 0.25) is 11.8 Å². The normalized spacial score (nSPS) is 14.1. The van der Waals surface area contributed by atoms with Crippen LogP contribution in [0.5, 0.6) is 0 Å². The smallest absolute Gasteiger partial charge is 0.407 e. The molecule has 0 spiro atoms. The molecule has 15 nitrogen and oxygen atoms in total. The summed E-state index contributed by atoms with van der Waals surface area (Å²) in [4.78, 5) is 66.5. The zero-order chi connectivity index (χ0) is 37.6. The van der Waals surface area contributed by atoms with E-state index < -0.39 is 72.3 Å². The molecule has 0 radical (unpaired) electrons. The van der Waals surface area contributed by atoms with Gasteiger partial charge >= 0.3 is 18.2 Å². The molecule has 0 aliphatic rings. The van der Waals surface area contributed by atoms with Gasteiger partial charge in [-0.3, -0.25) is 14.6 Å². The van der Waals surface area contributed by atoms with E-state index in [9.17, 15) is 34.2 Å². The number of carboxylic acid groups (broad SMARTS) is 1. The number of nitrogens with zero attached hydrogens (tertiary/aromatic N) is 1. The fraction of sp³-hybridized carbons (Fsp3) is 0.389. The summed E-state index contributed by atoms with van der Waals surface area (Å²) in [5.74, 6) is -1.32. The average Bonchev–Trinajstić information content (AvgIpc) is 3.08. The van der Waals surface area contributed by atoms with Crippen molar-refractivity contribution in [3.63, 3.8) is 0 Å². The number of carbonyl (C=O) groups excluding carboxylic acids is 4. The van der Waals surface area contributed by atoms with E-state index in [0.717, 1.165) is 22.4 Å². The number of carbonyl (C=O) groups is 5. The van der Waals surface area contributed by atoms with Crippen molar-refractivity contribution in [2.24, 2.45) is 11.1 Å². The first kappa shape index (κ1) is 39.7. The molecule has 0 bridgehead atoms. The Morgan fingerprint density at radius 1 is 0.824 bits per heavy atom. The minimum absolute atomic E-state index is 0.0584. The Labute approximate surface area is 296 Å². The van der Waals surface area contributed by atoms with Crippen molar-refractivity contribution in [3.8, 4) is 11.3 Å². The van der Waals surface area contributed by atoms with Gasteiger partial charge in [-0.25, -0.2) is 14.4 Å². The Bertz CT molecular complexity index is 1600. The summed E-state index contributed by atoms with van der Waals surface area (Å²) in [5, 5.41) is 33.6. The van der Waals surface area contributed by atoms with Crippen molar-refractivity contribution in [2.75, 3.05) is 13.7 Å². The molecule has 2 aromatic carbocycles. The number of rotatable bonds is 16. The van der Waals surface area contributed by atoms with Crippen LogP contribution in [0.3, 0.4) is 0 Å². The molecule has 15 heteroatoms. The number of aliphatic hydroxyl groups is 1. The van der Waals surface area contributed by atoms with Gasteiger partial charge in [0, 0.05) is 24.3 Å². The highest BCUT2D eigenvalue weighted by atomic mass is 16.5. The molecular weight excluding hydrogens is 658 g/mol. The van der Waals surface area contributed by atoms with Crippen molar-refractivity contribution >= 4 is 30.0 Å². The summed E-state index contributed by atoms with van der Waals surface area (Å²) in [6.07, 6.45) is -1.52. The maximum atomic E-state index is 13.8. The van der Waals surface area contributed by atoms with E-state index in [-0.39, 0.29) is 19.3 Å². The summed E-state index contributed by atoms with van der Waals surface area (Å²) < 4.78 is 4.75. The van der Waals surface area contributed by atoms with E-state index in [1.54, 1.807) is 39.1 Å². The second-order valence-corrected chi connectivity index (χ2v) is 13.1. The van der Waals surface area contributed by atoms with Crippen LogP contribution >= 0.6 is 0 Å². The Morgan fingerprint density at radius 2 is 1.47 bits per heavy atom. The molecule has 3 rings (SSSR count). The predicted molar refractivity (Wildman–Crippen MR) is 189 cm³/mol. The van der Waals surface area contributed by atoms with Crippen LogP contribution < -0.4 is 32.3 Å². The lowest BCUT2D eigenvalue weighted by molar-refractivity contribution is -0.127. The number of alkyl carbamates (subject to hydrolysis) is 1. The van der Waals surface area contributed by atoms with Gasteiger partial charge in [-0.15, -0.1) is 0 Å². The molecule has 51 heavy (non-hydrogen) atoms. The zero-order valence-corrected chi connectivity index (χ0v) is 29.1. The van der Waals surface area contributed by atoms with Crippen LogP contribution in [-0.2, 0) is 27.2 Å². The van der Waals surface area contributed by atoms with Crippen LogP contribution in [0.4, 0.5) is 14.4 Å². The Kier molecular flexibility index (Phi) is 14.7. The monoisotopic (exact) mass is 705 g/mol. The maximum absolute atomic E-state index is 13.8. The number of hydrogen-bond acceptors (Lipinski definition) is 8. The molecule has 0 fully saturated rings. The van der Waals surface area contributed by atoms with Crippen molar-refractivity contribution in [2.45, 2.75) is 70.3 Å². The van der Waals surface area contributed by atoms with Gasteiger partial charge in [0.1, 0.15) is 12.1 Å². The number of urea groups is 1. The van der Waals surface area contributed by atoms with E-state index >= 15 is 0 Å². The van der Waals surface area contributed by atoms with Crippen LogP contribution in [0.2, 0.25) is 0 Å². The van der Waals surface area contributed by atoms with Crippen molar-refractivity contribution in [3.05, 3.63) is 90.1 Å². The number of aromatic nitrogens is 1. The van der Waals surface area contributed by atoms with Crippen molar-refractivity contribution in [1.29, 1.82) is 0 Å². The second kappa shape index (κ2) is 18.9. The van der Waals surface area contributed by atoms with Crippen LogP contribution in [0.1, 0.15) is 38.3 Å². The molecule has 9 N–H and O–H groups in total.